The summed E-state index contributed by atoms with van der Waals surface area (Å²) in [4.78, 5) is 32.4. The molecule has 16 heavy (non-hydrogen) atoms. The van der Waals surface area contributed by atoms with E-state index in [1.807, 2.05) is 0 Å². The van der Waals surface area contributed by atoms with Crippen LogP contribution in [0, 0.1) is 5.41 Å². The first-order valence-corrected chi connectivity index (χ1v) is 4.52. The third kappa shape index (κ3) is 3.38. The van der Waals surface area contributed by atoms with Gasteiger partial charge in [-0.1, -0.05) is 6.58 Å². The maximum atomic E-state index is 11.0. The number of carboxylic acids is 2. The first-order valence-electron chi connectivity index (χ1n) is 4.52. The smallest absolute Gasteiger partial charge is 0.330 e. The van der Waals surface area contributed by atoms with Crippen LogP contribution < -0.4 is 0 Å². The molecule has 0 aliphatic heterocycles. The fraction of sp³-hybridized carbons (Fsp3) is 0.500. The number of esters is 1. The minimum Gasteiger partial charge on any atom is -0.481 e. The summed E-state index contributed by atoms with van der Waals surface area (Å²) in [6.45, 7) is 5.71. The quantitative estimate of drug-likeness (QED) is 0.513. The number of hydrogen-bond donors (Lipinski definition) is 2. The van der Waals surface area contributed by atoms with Crippen LogP contribution in [0.15, 0.2) is 12.7 Å². The third-order valence-electron chi connectivity index (χ3n) is 2.36. The van der Waals surface area contributed by atoms with E-state index in [0.29, 0.717) is 0 Å². The van der Waals surface area contributed by atoms with Gasteiger partial charge in [-0.15, -0.1) is 0 Å². The summed E-state index contributed by atoms with van der Waals surface area (Å²) in [6.07, 6.45) is -0.806. The molecule has 2 N–H and O–H groups in total. The lowest BCUT2D eigenvalue weighted by Gasteiger charge is -2.29. The lowest BCUT2D eigenvalue weighted by atomic mass is 9.81. The van der Waals surface area contributed by atoms with Gasteiger partial charge in [0.2, 0.25) is 0 Å². The Labute approximate surface area is 92.5 Å². The molecule has 2 unspecified atom stereocenters. The molecule has 6 nitrogen and oxygen atoms in total. The summed E-state index contributed by atoms with van der Waals surface area (Å²) in [5, 5.41) is 17.6. The molecule has 0 aromatic rings. The van der Waals surface area contributed by atoms with E-state index in [1.54, 1.807) is 0 Å². The minimum absolute atomic E-state index is 0.631. The normalized spacial score (nSPS) is 15.6. The van der Waals surface area contributed by atoms with Crippen molar-refractivity contribution < 1.29 is 29.3 Å². The molecule has 0 aliphatic rings. The molecule has 90 valence electrons. The lowest BCUT2D eigenvalue weighted by molar-refractivity contribution is -0.168. The average Bonchev–Trinajstić information content (AvgIpc) is 2.15. The summed E-state index contributed by atoms with van der Waals surface area (Å²) in [6, 6.07) is 0. The van der Waals surface area contributed by atoms with Crippen molar-refractivity contribution in [1.82, 2.24) is 0 Å². The largest absolute Gasteiger partial charge is 0.481 e. The Morgan fingerprint density at radius 2 is 1.94 bits per heavy atom. The molecular formula is C10H14O6. The molecule has 2 atom stereocenters. The molecule has 0 fully saturated rings. The second-order valence-electron chi connectivity index (χ2n) is 3.58. The van der Waals surface area contributed by atoms with Gasteiger partial charge in [0.25, 0.3) is 0 Å². The van der Waals surface area contributed by atoms with Crippen molar-refractivity contribution in [2.24, 2.45) is 5.41 Å². The van der Waals surface area contributed by atoms with Crippen LogP contribution in [0.5, 0.6) is 0 Å². The maximum absolute atomic E-state index is 11.0. The number of carbonyl (C=O) groups excluding carboxylic acids is 1. The topological polar surface area (TPSA) is 101 Å². The van der Waals surface area contributed by atoms with Gasteiger partial charge in [-0.25, -0.2) is 4.79 Å². The van der Waals surface area contributed by atoms with Crippen molar-refractivity contribution in [2.45, 2.75) is 26.4 Å². The number of aliphatic carboxylic acids is 2. The highest BCUT2D eigenvalue weighted by molar-refractivity contribution is 5.84. The van der Waals surface area contributed by atoms with Gasteiger partial charge in [-0.3, -0.25) is 9.59 Å². The standard InChI is InChI=1S/C10H14O6/c1-4-8(13)16-6(2)10(3,9(14)15)5-7(11)12/h4,6H,1,5H2,2-3H3,(H,11,12)(H,14,15). The fourth-order valence-corrected chi connectivity index (χ4v) is 1.06. The second-order valence-corrected chi connectivity index (χ2v) is 3.58. The minimum atomic E-state index is -1.66. The van der Waals surface area contributed by atoms with Gasteiger partial charge in [0.1, 0.15) is 11.5 Å². The van der Waals surface area contributed by atoms with Crippen molar-refractivity contribution in [3.63, 3.8) is 0 Å². The van der Waals surface area contributed by atoms with E-state index < -0.39 is 35.8 Å². The molecule has 0 rings (SSSR count). The fourth-order valence-electron chi connectivity index (χ4n) is 1.06. The highest BCUT2D eigenvalue weighted by Crippen LogP contribution is 2.29. The molecule has 0 aromatic carbocycles. The van der Waals surface area contributed by atoms with Crippen molar-refractivity contribution in [3.8, 4) is 0 Å². The van der Waals surface area contributed by atoms with Gasteiger partial charge in [0, 0.05) is 6.08 Å². The highest BCUT2D eigenvalue weighted by atomic mass is 16.5. The van der Waals surface area contributed by atoms with Gasteiger partial charge in [-0.05, 0) is 13.8 Å². The first-order chi connectivity index (χ1) is 7.24. The number of carbonyl (C=O) groups is 3. The molecule has 6 heteroatoms. The molecule has 0 saturated heterocycles. The van der Waals surface area contributed by atoms with Crippen LogP contribution in [0.4, 0.5) is 0 Å². The van der Waals surface area contributed by atoms with Crippen LogP contribution in [0.3, 0.4) is 0 Å². The van der Waals surface area contributed by atoms with E-state index in [1.165, 1.54) is 13.8 Å². The monoisotopic (exact) mass is 230 g/mol. The zero-order valence-corrected chi connectivity index (χ0v) is 9.10. The lowest BCUT2D eigenvalue weighted by Crippen LogP contribution is -2.42. The SMILES string of the molecule is C=CC(=O)OC(C)C(C)(CC(=O)O)C(=O)O. The number of carboxylic acid groups (broad SMARTS) is 2. The zero-order chi connectivity index (χ0) is 12.9. The molecule has 0 saturated carbocycles. The van der Waals surface area contributed by atoms with Gasteiger partial charge in [-0.2, -0.15) is 0 Å². The van der Waals surface area contributed by atoms with E-state index in [0.717, 1.165) is 6.08 Å². The van der Waals surface area contributed by atoms with Gasteiger partial charge in [0.15, 0.2) is 0 Å². The summed E-state index contributed by atoms with van der Waals surface area (Å²) in [7, 11) is 0. The van der Waals surface area contributed by atoms with Crippen molar-refractivity contribution >= 4 is 17.9 Å². The maximum Gasteiger partial charge on any atom is 0.330 e. The molecule has 0 aliphatic carbocycles. The molecule has 0 spiro atoms. The van der Waals surface area contributed by atoms with Crippen LogP contribution in [0.2, 0.25) is 0 Å². The highest BCUT2D eigenvalue weighted by Gasteiger charge is 2.43. The summed E-state index contributed by atoms with van der Waals surface area (Å²) < 4.78 is 4.73. The van der Waals surface area contributed by atoms with Crippen molar-refractivity contribution in [2.75, 3.05) is 0 Å². The number of ether oxygens (including phenoxy) is 1. The predicted molar refractivity (Wildman–Crippen MR) is 53.7 cm³/mol. The second kappa shape index (κ2) is 5.29. The number of hydrogen-bond acceptors (Lipinski definition) is 4. The van der Waals surface area contributed by atoms with Gasteiger partial charge >= 0.3 is 17.9 Å². The molecule has 0 radical (unpaired) electrons. The Morgan fingerprint density at radius 3 is 2.25 bits per heavy atom. The Hall–Kier alpha value is -1.85. The van der Waals surface area contributed by atoms with Crippen LogP contribution >= 0.6 is 0 Å². The summed E-state index contributed by atoms with van der Waals surface area (Å²) in [5.74, 6) is -3.39. The van der Waals surface area contributed by atoms with Crippen molar-refractivity contribution in [3.05, 3.63) is 12.7 Å². The van der Waals surface area contributed by atoms with Gasteiger partial charge in [0.05, 0.1) is 6.42 Å². The van der Waals surface area contributed by atoms with Crippen LogP contribution in [-0.4, -0.2) is 34.2 Å². The Bertz CT molecular complexity index is 321. The van der Waals surface area contributed by atoms with E-state index in [9.17, 15) is 14.4 Å². The Balaban J connectivity index is 4.89. The van der Waals surface area contributed by atoms with E-state index in [4.69, 9.17) is 14.9 Å². The van der Waals surface area contributed by atoms with Crippen LogP contribution in [-0.2, 0) is 19.1 Å². The summed E-state index contributed by atoms with van der Waals surface area (Å²) in [5.41, 5.74) is -1.66. The van der Waals surface area contributed by atoms with Crippen LogP contribution in [0.25, 0.3) is 0 Å². The molecule has 0 heterocycles. The summed E-state index contributed by atoms with van der Waals surface area (Å²) >= 11 is 0. The molecular weight excluding hydrogens is 216 g/mol. The van der Waals surface area contributed by atoms with Crippen LogP contribution in [0.1, 0.15) is 20.3 Å². The molecule has 0 aromatic heterocycles. The molecule has 0 bridgehead atoms. The predicted octanol–water partition coefficient (Wildman–Crippen LogP) is 0.670. The number of rotatable bonds is 6. The third-order valence-corrected chi connectivity index (χ3v) is 2.36. The van der Waals surface area contributed by atoms with Crippen molar-refractivity contribution in [1.29, 1.82) is 0 Å². The zero-order valence-electron chi connectivity index (χ0n) is 9.10. The van der Waals surface area contributed by atoms with E-state index in [-0.39, 0.29) is 0 Å². The van der Waals surface area contributed by atoms with E-state index in [2.05, 4.69) is 6.58 Å². The molecule has 0 amide bonds. The first kappa shape index (κ1) is 14.2. The Morgan fingerprint density at radius 1 is 1.44 bits per heavy atom. The average molecular weight is 230 g/mol. The Kier molecular flexibility index (Phi) is 4.68. The van der Waals surface area contributed by atoms with Gasteiger partial charge < -0.3 is 14.9 Å². The van der Waals surface area contributed by atoms with E-state index >= 15 is 0 Å².